The quantitative estimate of drug-likeness (QED) is 0.609. The Kier molecular flexibility index (Phi) is 4.41. The van der Waals surface area contributed by atoms with Gasteiger partial charge in [0.15, 0.2) is 0 Å². The minimum absolute atomic E-state index is 0.0694. The molecule has 4 atom stereocenters. The maximum atomic E-state index is 12.3. The highest BCUT2D eigenvalue weighted by Gasteiger charge is 2.39. The van der Waals surface area contributed by atoms with Gasteiger partial charge >= 0.3 is 5.97 Å². The van der Waals surface area contributed by atoms with Crippen molar-refractivity contribution in [2.24, 2.45) is 17.8 Å². The van der Waals surface area contributed by atoms with Crippen LogP contribution in [0.3, 0.4) is 0 Å². The number of carbonyl (C=O) groups is 1. The first-order chi connectivity index (χ1) is 9.15. The number of esters is 1. The maximum absolute atomic E-state index is 12.3. The van der Waals surface area contributed by atoms with Gasteiger partial charge in [-0.2, -0.15) is 0 Å². The minimum atomic E-state index is -0.0812. The summed E-state index contributed by atoms with van der Waals surface area (Å²) in [7, 11) is 0. The highest BCUT2D eigenvalue weighted by atomic mass is 16.5. The average molecular weight is 258 g/mol. The van der Waals surface area contributed by atoms with Gasteiger partial charge in [0.25, 0.3) is 0 Å². The van der Waals surface area contributed by atoms with Crippen LogP contribution in [0.25, 0.3) is 0 Å². The SMILES string of the molecule is CCOC(=O)[C@H]1[C@H](c2ccccc2)[C@H](C)C=C[C@@H]1C. The highest BCUT2D eigenvalue weighted by Crippen LogP contribution is 2.41. The summed E-state index contributed by atoms with van der Waals surface area (Å²) in [4.78, 5) is 12.3. The van der Waals surface area contributed by atoms with E-state index in [1.54, 1.807) is 0 Å². The lowest BCUT2D eigenvalue weighted by Crippen LogP contribution is -2.34. The van der Waals surface area contributed by atoms with Crippen LogP contribution in [-0.4, -0.2) is 12.6 Å². The Morgan fingerprint density at radius 2 is 1.74 bits per heavy atom. The minimum Gasteiger partial charge on any atom is -0.466 e. The molecule has 0 aromatic heterocycles. The van der Waals surface area contributed by atoms with E-state index in [0.717, 1.165) is 0 Å². The van der Waals surface area contributed by atoms with Gasteiger partial charge in [0.05, 0.1) is 12.5 Å². The third kappa shape index (κ3) is 2.89. The van der Waals surface area contributed by atoms with Crippen molar-refractivity contribution in [1.82, 2.24) is 0 Å². The van der Waals surface area contributed by atoms with Crippen LogP contribution in [0.2, 0.25) is 0 Å². The summed E-state index contributed by atoms with van der Waals surface area (Å²) in [5.74, 6) is 0.635. The molecule has 2 nitrogen and oxygen atoms in total. The Balaban J connectivity index is 2.35. The molecule has 1 aliphatic carbocycles. The number of hydrogen-bond donors (Lipinski definition) is 0. The summed E-state index contributed by atoms with van der Waals surface area (Å²) in [5, 5.41) is 0. The Morgan fingerprint density at radius 1 is 1.11 bits per heavy atom. The average Bonchev–Trinajstić information content (AvgIpc) is 2.42. The van der Waals surface area contributed by atoms with E-state index in [1.165, 1.54) is 5.56 Å². The van der Waals surface area contributed by atoms with E-state index in [0.29, 0.717) is 12.5 Å². The predicted molar refractivity (Wildman–Crippen MR) is 76.8 cm³/mol. The van der Waals surface area contributed by atoms with Gasteiger partial charge in [0.1, 0.15) is 0 Å². The van der Waals surface area contributed by atoms with E-state index in [1.807, 2.05) is 25.1 Å². The molecule has 0 amide bonds. The molecule has 0 heterocycles. The molecule has 1 aliphatic rings. The number of benzene rings is 1. The molecule has 19 heavy (non-hydrogen) atoms. The summed E-state index contributed by atoms with van der Waals surface area (Å²) in [6, 6.07) is 10.3. The molecular formula is C17H22O2. The second-order valence-corrected chi connectivity index (χ2v) is 5.32. The van der Waals surface area contributed by atoms with Crippen LogP contribution in [0.1, 0.15) is 32.3 Å². The standard InChI is InChI=1S/C17H22O2/c1-4-19-17(18)16-13(3)11-10-12(2)15(16)14-8-6-5-7-9-14/h5-13,15-16H,4H2,1-3H3/t12-,13+,15+,16-/m1/s1. The van der Waals surface area contributed by atoms with Crippen LogP contribution in [0.5, 0.6) is 0 Å². The lowest BCUT2D eigenvalue weighted by atomic mass is 9.68. The number of hydrogen-bond acceptors (Lipinski definition) is 2. The van der Waals surface area contributed by atoms with Crippen LogP contribution >= 0.6 is 0 Å². The molecule has 0 spiro atoms. The maximum Gasteiger partial charge on any atom is 0.310 e. The van der Waals surface area contributed by atoms with Crippen LogP contribution in [0, 0.1) is 17.8 Å². The van der Waals surface area contributed by atoms with Gasteiger partial charge in [0, 0.05) is 5.92 Å². The van der Waals surface area contributed by atoms with Crippen LogP contribution in [0.15, 0.2) is 42.5 Å². The van der Waals surface area contributed by atoms with E-state index >= 15 is 0 Å². The third-order valence-electron chi connectivity index (χ3n) is 3.98. The fraction of sp³-hybridized carbons (Fsp3) is 0.471. The molecule has 0 saturated heterocycles. The second-order valence-electron chi connectivity index (χ2n) is 5.32. The van der Waals surface area contributed by atoms with Crippen molar-refractivity contribution in [2.75, 3.05) is 6.61 Å². The largest absolute Gasteiger partial charge is 0.466 e. The zero-order valence-corrected chi connectivity index (χ0v) is 11.9. The summed E-state index contributed by atoms with van der Waals surface area (Å²) in [6.45, 7) is 6.58. The Bertz CT molecular complexity index is 450. The van der Waals surface area contributed by atoms with Crippen molar-refractivity contribution in [2.45, 2.75) is 26.7 Å². The Hall–Kier alpha value is -1.57. The first-order valence-corrected chi connectivity index (χ1v) is 7.05. The van der Waals surface area contributed by atoms with Crippen molar-refractivity contribution in [3.05, 3.63) is 48.0 Å². The third-order valence-corrected chi connectivity index (χ3v) is 3.98. The van der Waals surface area contributed by atoms with Crippen molar-refractivity contribution in [3.63, 3.8) is 0 Å². The van der Waals surface area contributed by atoms with Crippen molar-refractivity contribution < 1.29 is 9.53 Å². The Morgan fingerprint density at radius 3 is 2.37 bits per heavy atom. The van der Waals surface area contributed by atoms with Gasteiger partial charge in [0.2, 0.25) is 0 Å². The monoisotopic (exact) mass is 258 g/mol. The first-order valence-electron chi connectivity index (χ1n) is 7.05. The lowest BCUT2D eigenvalue weighted by molar-refractivity contribution is -0.150. The Labute approximate surface area is 115 Å². The second kappa shape index (κ2) is 6.05. The number of ether oxygens (including phenoxy) is 1. The van der Waals surface area contributed by atoms with Crippen LogP contribution < -0.4 is 0 Å². The molecule has 0 saturated carbocycles. The smallest absolute Gasteiger partial charge is 0.310 e. The lowest BCUT2D eigenvalue weighted by Gasteiger charge is -2.35. The van der Waals surface area contributed by atoms with Gasteiger partial charge in [-0.15, -0.1) is 0 Å². The van der Waals surface area contributed by atoms with Gasteiger partial charge in [-0.3, -0.25) is 4.79 Å². The molecule has 1 aromatic rings. The molecule has 0 bridgehead atoms. The highest BCUT2D eigenvalue weighted by molar-refractivity contribution is 5.75. The molecule has 0 unspecified atom stereocenters. The van der Waals surface area contributed by atoms with Gasteiger partial charge in [-0.05, 0) is 24.3 Å². The van der Waals surface area contributed by atoms with E-state index in [-0.39, 0.29) is 23.7 Å². The van der Waals surface area contributed by atoms with Gasteiger partial charge < -0.3 is 4.74 Å². The summed E-state index contributed by atoms with van der Waals surface area (Å²) in [6.07, 6.45) is 4.36. The normalized spacial score (nSPS) is 30.1. The summed E-state index contributed by atoms with van der Waals surface area (Å²) >= 11 is 0. The molecule has 0 N–H and O–H groups in total. The number of carbonyl (C=O) groups excluding carboxylic acids is 1. The molecule has 0 aliphatic heterocycles. The molecule has 2 heteroatoms. The summed E-state index contributed by atoms with van der Waals surface area (Å²) < 4.78 is 5.28. The van der Waals surface area contributed by atoms with Gasteiger partial charge in [-0.25, -0.2) is 0 Å². The van der Waals surface area contributed by atoms with E-state index in [4.69, 9.17) is 4.74 Å². The first kappa shape index (κ1) is 13.9. The molecule has 1 aromatic carbocycles. The topological polar surface area (TPSA) is 26.3 Å². The van der Waals surface area contributed by atoms with Crippen LogP contribution in [0.4, 0.5) is 0 Å². The fourth-order valence-corrected chi connectivity index (χ4v) is 3.03. The van der Waals surface area contributed by atoms with Crippen molar-refractivity contribution >= 4 is 5.97 Å². The molecule has 2 rings (SSSR count). The van der Waals surface area contributed by atoms with Gasteiger partial charge in [-0.1, -0.05) is 56.3 Å². The van der Waals surface area contributed by atoms with E-state index in [2.05, 4.69) is 38.1 Å². The number of allylic oxidation sites excluding steroid dienone is 2. The van der Waals surface area contributed by atoms with Crippen molar-refractivity contribution in [3.8, 4) is 0 Å². The zero-order valence-electron chi connectivity index (χ0n) is 11.9. The molecule has 0 fully saturated rings. The fourth-order valence-electron chi connectivity index (χ4n) is 3.03. The molecule has 0 radical (unpaired) electrons. The zero-order chi connectivity index (χ0) is 13.8. The van der Waals surface area contributed by atoms with Crippen molar-refractivity contribution in [1.29, 1.82) is 0 Å². The summed E-state index contributed by atoms with van der Waals surface area (Å²) in [5.41, 5.74) is 1.23. The molecule has 102 valence electrons. The number of rotatable bonds is 3. The molecular weight excluding hydrogens is 236 g/mol. The van der Waals surface area contributed by atoms with Crippen LogP contribution in [-0.2, 0) is 9.53 Å². The predicted octanol–water partition coefficient (Wildman–Crippen LogP) is 3.79. The van der Waals surface area contributed by atoms with E-state index < -0.39 is 0 Å². The van der Waals surface area contributed by atoms with E-state index in [9.17, 15) is 4.79 Å².